The van der Waals surface area contributed by atoms with Crippen LogP contribution in [0.4, 0.5) is 0 Å². The highest BCUT2D eigenvalue weighted by Gasteiger charge is 2.24. The molecule has 4 rings (SSSR count). The van der Waals surface area contributed by atoms with Gasteiger partial charge in [-0.2, -0.15) is 0 Å². The standard InChI is InChI=1S/C21H16Cl2N4O3/c22-15-3-4-18(17(23)8-15)30-21-16(2-1-6-25-21)20(29)26-10-19(28)27-11-13-5-7-24-9-14(13)12-27/h1-9H,10-12H2,(H,26,29). The predicted molar refractivity (Wildman–Crippen MR) is 112 cm³/mol. The summed E-state index contributed by atoms with van der Waals surface area (Å²) in [6, 6.07) is 9.80. The average molecular weight is 443 g/mol. The first-order chi connectivity index (χ1) is 14.5. The van der Waals surface area contributed by atoms with Gasteiger partial charge in [0, 0.05) is 36.7 Å². The van der Waals surface area contributed by atoms with Gasteiger partial charge in [0.05, 0.1) is 11.6 Å². The van der Waals surface area contributed by atoms with Crippen LogP contribution < -0.4 is 10.1 Å². The second-order valence-electron chi connectivity index (χ2n) is 6.61. The number of carbonyl (C=O) groups excluding carboxylic acids is 2. The summed E-state index contributed by atoms with van der Waals surface area (Å²) in [5.41, 5.74) is 2.26. The van der Waals surface area contributed by atoms with Gasteiger partial charge in [0.25, 0.3) is 5.91 Å². The van der Waals surface area contributed by atoms with Crippen LogP contribution in [-0.4, -0.2) is 33.2 Å². The number of pyridine rings is 2. The second-order valence-corrected chi connectivity index (χ2v) is 7.45. The maximum absolute atomic E-state index is 12.7. The van der Waals surface area contributed by atoms with Gasteiger partial charge in [0.1, 0.15) is 11.3 Å². The molecule has 9 heteroatoms. The molecule has 0 unspecified atom stereocenters. The van der Waals surface area contributed by atoms with Gasteiger partial charge in [-0.25, -0.2) is 4.98 Å². The molecule has 1 aliphatic rings. The first-order valence-electron chi connectivity index (χ1n) is 9.07. The molecule has 0 saturated carbocycles. The van der Waals surface area contributed by atoms with E-state index in [2.05, 4.69) is 15.3 Å². The van der Waals surface area contributed by atoms with Crippen molar-refractivity contribution >= 4 is 35.0 Å². The van der Waals surface area contributed by atoms with E-state index in [1.54, 1.807) is 41.6 Å². The van der Waals surface area contributed by atoms with Crippen molar-refractivity contribution in [2.75, 3.05) is 6.54 Å². The van der Waals surface area contributed by atoms with Crippen LogP contribution in [0.25, 0.3) is 0 Å². The van der Waals surface area contributed by atoms with Gasteiger partial charge in [0.15, 0.2) is 0 Å². The van der Waals surface area contributed by atoms with Crippen LogP contribution >= 0.6 is 23.2 Å². The maximum Gasteiger partial charge on any atom is 0.257 e. The number of rotatable bonds is 5. The molecule has 0 saturated heterocycles. The Hall–Kier alpha value is -3.16. The highest BCUT2D eigenvalue weighted by Crippen LogP contribution is 2.32. The van der Waals surface area contributed by atoms with Gasteiger partial charge < -0.3 is 15.0 Å². The number of aromatic nitrogens is 2. The van der Waals surface area contributed by atoms with E-state index in [0.29, 0.717) is 23.9 Å². The molecular weight excluding hydrogens is 427 g/mol. The number of halogens is 2. The summed E-state index contributed by atoms with van der Waals surface area (Å²) in [6.45, 7) is 0.841. The summed E-state index contributed by atoms with van der Waals surface area (Å²) in [5.74, 6) is -0.277. The van der Waals surface area contributed by atoms with Crippen molar-refractivity contribution in [3.05, 3.63) is 81.7 Å². The zero-order valence-electron chi connectivity index (χ0n) is 15.6. The Bertz CT molecular complexity index is 1100. The molecule has 3 aromatic rings. The van der Waals surface area contributed by atoms with E-state index in [1.807, 2.05) is 6.07 Å². The van der Waals surface area contributed by atoms with E-state index in [-0.39, 0.29) is 28.9 Å². The molecule has 1 aliphatic heterocycles. The van der Waals surface area contributed by atoms with E-state index in [4.69, 9.17) is 27.9 Å². The summed E-state index contributed by atoms with van der Waals surface area (Å²) in [7, 11) is 0. The molecule has 3 heterocycles. The number of nitrogens with zero attached hydrogens (tertiary/aromatic N) is 3. The zero-order valence-corrected chi connectivity index (χ0v) is 17.2. The van der Waals surface area contributed by atoms with Crippen molar-refractivity contribution in [3.63, 3.8) is 0 Å². The molecule has 0 atom stereocenters. The number of hydrogen-bond acceptors (Lipinski definition) is 5. The van der Waals surface area contributed by atoms with Crippen molar-refractivity contribution in [2.45, 2.75) is 13.1 Å². The predicted octanol–water partition coefficient (Wildman–Crippen LogP) is 3.85. The molecule has 0 spiro atoms. The lowest BCUT2D eigenvalue weighted by Crippen LogP contribution is -2.37. The Balaban J connectivity index is 1.41. The Labute approximate surface area is 182 Å². The molecule has 1 N–H and O–H groups in total. The lowest BCUT2D eigenvalue weighted by molar-refractivity contribution is -0.130. The fraction of sp³-hybridized carbons (Fsp3) is 0.143. The van der Waals surface area contributed by atoms with Gasteiger partial charge in [0.2, 0.25) is 11.8 Å². The van der Waals surface area contributed by atoms with Crippen LogP contribution in [-0.2, 0) is 17.9 Å². The summed E-state index contributed by atoms with van der Waals surface area (Å²) < 4.78 is 5.70. The van der Waals surface area contributed by atoms with Gasteiger partial charge in [-0.1, -0.05) is 23.2 Å². The summed E-state index contributed by atoms with van der Waals surface area (Å²) in [6.07, 6.45) is 4.95. The average Bonchev–Trinajstić information content (AvgIpc) is 3.18. The fourth-order valence-corrected chi connectivity index (χ4v) is 3.51. The minimum absolute atomic E-state index is 0.0753. The third-order valence-corrected chi connectivity index (χ3v) is 5.13. The third-order valence-electron chi connectivity index (χ3n) is 4.60. The third kappa shape index (κ3) is 4.37. The minimum Gasteiger partial charge on any atom is -0.437 e. The highest BCUT2D eigenvalue weighted by atomic mass is 35.5. The Morgan fingerprint density at radius 3 is 2.73 bits per heavy atom. The first-order valence-corrected chi connectivity index (χ1v) is 9.82. The number of benzene rings is 1. The highest BCUT2D eigenvalue weighted by molar-refractivity contribution is 6.35. The lowest BCUT2D eigenvalue weighted by Gasteiger charge is -2.16. The number of nitrogens with one attached hydrogen (secondary N) is 1. The number of ether oxygens (including phenoxy) is 1. The lowest BCUT2D eigenvalue weighted by atomic mass is 10.2. The second kappa shape index (κ2) is 8.69. The van der Waals surface area contributed by atoms with Gasteiger partial charge in [-0.15, -0.1) is 0 Å². The molecule has 2 amide bonds. The largest absolute Gasteiger partial charge is 0.437 e. The normalized spacial score (nSPS) is 12.4. The molecule has 152 valence electrons. The maximum atomic E-state index is 12.7. The Kier molecular flexibility index (Phi) is 5.83. The van der Waals surface area contributed by atoms with E-state index in [9.17, 15) is 9.59 Å². The molecule has 0 fully saturated rings. The van der Waals surface area contributed by atoms with Crippen LogP contribution in [0.1, 0.15) is 21.5 Å². The summed E-state index contributed by atoms with van der Waals surface area (Å²) >= 11 is 12.0. The smallest absolute Gasteiger partial charge is 0.257 e. The molecule has 0 bridgehead atoms. The number of carbonyl (C=O) groups is 2. The first kappa shape index (κ1) is 20.1. The Morgan fingerprint density at radius 2 is 1.93 bits per heavy atom. The van der Waals surface area contributed by atoms with Crippen molar-refractivity contribution in [1.29, 1.82) is 0 Å². The topological polar surface area (TPSA) is 84.4 Å². The molecule has 1 aromatic carbocycles. The van der Waals surface area contributed by atoms with E-state index in [1.165, 1.54) is 12.3 Å². The molecular formula is C21H16Cl2N4O3. The van der Waals surface area contributed by atoms with Crippen LogP contribution in [0.2, 0.25) is 10.0 Å². The molecule has 30 heavy (non-hydrogen) atoms. The Morgan fingerprint density at radius 1 is 1.10 bits per heavy atom. The molecule has 0 radical (unpaired) electrons. The monoisotopic (exact) mass is 442 g/mol. The van der Waals surface area contributed by atoms with E-state index in [0.717, 1.165) is 11.1 Å². The summed E-state index contributed by atoms with van der Waals surface area (Å²) in [4.78, 5) is 35.0. The summed E-state index contributed by atoms with van der Waals surface area (Å²) in [5, 5.41) is 3.38. The van der Waals surface area contributed by atoms with Gasteiger partial charge >= 0.3 is 0 Å². The van der Waals surface area contributed by atoms with Gasteiger partial charge in [-0.3, -0.25) is 14.6 Å². The van der Waals surface area contributed by atoms with Crippen molar-refractivity contribution in [3.8, 4) is 11.6 Å². The number of fused-ring (bicyclic) bond motifs is 1. The number of amides is 2. The van der Waals surface area contributed by atoms with Crippen LogP contribution in [0.15, 0.2) is 55.0 Å². The quantitative estimate of drug-likeness (QED) is 0.648. The van der Waals surface area contributed by atoms with Crippen molar-refractivity contribution in [2.24, 2.45) is 0 Å². The van der Waals surface area contributed by atoms with Crippen molar-refractivity contribution in [1.82, 2.24) is 20.2 Å². The van der Waals surface area contributed by atoms with Crippen LogP contribution in [0, 0.1) is 0 Å². The van der Waals surface area contributed by atoms with E-state index < -0.39 is 5.91 Å². The van der Waals surface area contributed by atoms with Crippen molar-refractivity contribution < 1.29 is 14.3 Å². The van der Waals surface area contributed by atoms with Crippen LogP contribution in [0.3, 0.4) is 0 Å². The molecule has 2 aromatic heterocycles. The number of hydrogen-bond donors (Lipinski definition) is 1. The van der Waals surface area contributed by atoms with Gasteiger partial charge in [-0.05, 0) is 47.5 Å². The van der Waals surface area contributed by atoms with E-state index >= 15 is 0 Å². The molecule has 7 nitrogen and oxygen atoms in total. The van der Waals surface area contributed by atoms with Crippen LogP contribution in [0.5, 0.6) is 11.6 Å². The SMILES string of the molecule is O=C(NCC(=O)N1Cc2ccncc2C1)c1cccnc1Oc1ccc(Cl)cc1Cl. The minimum atomic E-state index is -0.477. The zero-order chi connectivity index (χ0) is 21.1. The fourth-order valence-electron chi connectivity index (χ4n) is 3.07. The molecule has 0 aliphatic carbocycles.